The minimum Gasteiger partial charge on any atom is -0.358 e. The van der Waals surface area contributed by atoms with Gasteiger partial charge in [-0.1, -0.05) is 11.6 Å². The van der Waals surface area contributed by atoms with Gasteiger partial charge < -0.3 is 20.2 Å². The standard InChI is InChI=1S/C5H2ClN3O4/c6-3-1-2-4(8(10)11)7-5(3)9(12)13/h1-2H. The van der Waals surface area contributed by atoms with E-state index in [-0.39, 0.29) is 5.02 Å². The molecule has 0 radical (unpaired) electrons. The van der Waals surface area contributed by atoms with Gasteiger partial charge in [-0.15, -0.1) is 0 Å². The molecule has 1 aromatic rings. The summed E-state index contributed by atoms with van der Waals surface area (Å²) in [5.41, 5.74) is 0. The Bertz CT molecular complexity index is 380. The summed E-state index contributed by atoms with van der Waals surface area (Å²) in [5.74, 6) is -1.31. The van der Waals surface area contributed by atoms with Crippen LogP contribution in [0.3, 0.4) is 0 Å². The molecule has 0 aliphatic rings. The second-order valence-corrected chi connectivity index (χ2v) is 2.40. The van der Waals surface area contributed by atoms with Crippen LogP contribution in [0.4, 0.5) is 11.6 Å². The highest BCUT2D eigenvalue weighted by Gasteiger charge is 2.18. The summed E-state index contributed by atoms with van der Waals surface area (Å²) < 4.78 is 0. The minimum absolute atomic E-state index is 0.226. The Morgan fingerprint density at radius 1 is 1.23 bits per heavy atom. The molecule has 0 atom stereocenters. The van der Waals surface area contributed by atoms with E-state index < -0.39 is 21.5 Å². The molecule has 13 heavy (non-hydrogen) atoms. The van der Waals surface area contributed by atoms with Crippen molar-refractivity contribution < 1.29 is 9.85 Å². The molecule has 0 spiro atoms. The van der Waals surface area contributed by atoms with Crippen LogP contribution in [0.1, 0.15) is 0 Å². The number of rotatable bonds is 2. The van der Waals surface area contributed by atoms with Crippen LogP contribution in [-0.4, -0.2) is 14.8 Å². The second-order valence-electron chi connectivity index (χ2n) is 1.99. The van der Waals surface area contributed by atoms with E-state index in [9.17, 15) is 20.2 Å². The average Bonchev–Trinajstić information content (AvgIpc) is 2.04. The Hall–Kier alpha value is -1.76. The number of hydrogen-bond donors (Lipinski definition) is 0. The van der Waals surface area contributed by atoms with Crippen LogP contribution in [0.2, 0.25) is 5.02 Å². The van der Waals surface area contributed by atoms with Gasteiger partial charge in [0.1, 0.15) is 5.02 Å². The van der Waals surface area contributed by atoms with Gasteiger partial charge in [0.05, 0.1) is 0 Å². The van der Waals surface area contributed by atoms with Gasteiger partial charge >= 0.3 is 11.6 Å². The molecule has 0 bridgehead atoms. The van der Waals surface area contributed by atoms with Crippen LogP contribution in [0.5, 0.6) is 0 Å². The number of aromatic nitrogens is 1. The fourth-order valence-electron chi connectivity index (χ4n) is 0.651. The molecular formula is C5H2ClN3O4. The molecular weight excluding hydrogens is 202 g/mol. The molecule has 1 aromatic heterocycles. The lowest BCUT2D eigenvalue weighted by Crippen LogP contribution is -1.97. The number of halogens is 1. The fourth-order valence-corrected chi connectivity index (χ4v) is 0.825. The molecule has 0 unspecified atom stereocenters. The van der Waals surface area contributed by atoms with Crippen molar-refractivity contribution in [3.8, 4) is 0 Å². The molecule has 0 aliphatic heterocycles. The van der Waals surface area contributed by atoms with E-state index in [2.05, 4.69) is 4.98 Å². The third kappa shape index (κ3) is 1.88. The fraction of sp³-hybridized carbons (Fsp3) is 0. The van der Waals surface area contributed by atoms with E-state index in [0.717, 1.165) is 12.1 Å². The van der Waals surface area contributed by atoms with Crippen LogP contribution >= 0.6 is 11.6 Å². The van der Waals surface area contributed by atoms with Gasteiger partial charge in [0.2, 0.25) is 0 Å². The monoisotopic (exact) mass is 203 g/mol. The van der Waals surface area contributed by atoms with E-state index in [1.54, 1.807) is 0 Å². The van der Waals surface area contributed by atoms with Crippen LogP contribution in [0, 0.1) is 20.2 Å². The van der Waals surface area contributed by atoms with Crippen LogP contribution in [0.15, 0.2) is 12.1 Å². The molecule has 0 saturated carbocycles. The van der Waals surface area contributed by atoms with E-state index in [1.165, 1.54) is 0 Å². The van der Waals surface area contributed by atoms with Gasteiger partial charge in [0, 0.05) is 11.1 Å². The lowest BCUT2D eigenvalue weighted by Gasteiger charge is -1.95. The molecule has 0 N–H and O–H groups in total. The van der Waals surface area contributed by atoms with Crippen molar-refractivity contribution in [1.29, 1.82) is 0 Å². The maximum Gasteiger partial charge on any atom is 0.387 e. The SMILES string of the molecule is O=[N+]([O-])c1ccc(Cl)c([N+](=O)[O-])n1. The largest absolute Gasteiger partial charge is 0.387 e. The van der Waals surface area contributed by atoms with Crippen molar-refractivity contribution in [2.45, 2.75) is 0 Å². The summed E-state index contributed by atoms with van der Waals surface area (Å²) in [5, 5.41) is 20.2. The highest BCUT2D eigenvalue weighted by Crippen LogP contribution is 2.23. The molecule has 0 amide bonds. The predicted molar refractivity (Wildman–Crippen MR) is 42.6 cm³/mol. The first-order valence-corrected chi connectivity index (χ1v) is 3.35. The number of nitro groups is 2. The third-order valence-corrected chi connectivity index (χ3v) is 1.47. The van der Waals surface area contributed by atoms with Crippen LogP contribution in [-0.2, 0) is 0 Å². The quantitative estimate of drug-likeness (QED) is 0.536. The Labute approximate surface area is 76.3 Å². The molecule has 0 aliphatic carbocycles. The highest BCUT2D eigenvalue weighted by molar-refractivity contribution is 6.32. The van der Waals surface area contributed by atoms with Crippen molar-refractivity contribution in [2.75, 3.05) is 0 Å². The molecule has 0 fully saturated rings. The van der Waals surface area contributed by atoms with E-state index >= 15 is 0 Å². The van der Waals surface area contributed by atoms with Gasteiger partial charge in [0.15, 0.2) is 0 Å². The summed E-state index contributed by atoms with van der Waals surface area (Å²) in [6, 6.07) is 2.06. The number of hydrogen-bond acceptors (Lipinski definition) is 5. The van der Waals surface area contributed by atoms with Crippen molar-refractivity contribution in [2.24, 2.45) is 0 Å². The first-order chi connectivity index (χ1) is 6.02. The van der Waals surface area contributed by atoms with Crippen molar-refractivity contribution in [3.63, 3.8) is 0 Å². The van der Waals surface area contributed by atoms with Crippen LogP contribution < -0.4 is 0 Å². The smallest absolute Gasteiger partial charge is 0.358 e. The number of nitrogens with zero attached hydrogens (tertiary/aromatic N) is 3. The third-order valence-electron chi connectivity index (χ3n) is 1.17. The van der Waals surface area contributed by atoms with E-state index in [0.29, 0.717) is 0 Å². The Balaban J connectivity index is 3.27. The lowest BCUT2D eigenvalue weighted by atomic mass is 10.4. The van der Waals surface area contributed by atoms with Crippen molar-refractivity contribution in [3.05, 3.63) is 37.4 Å². The molecule has 8 heteroatoms. The zero-order chi connectivity index (χ0) is 10.0. The Kier molecular flexibility index (Phi) is 2.38. The lowest BCUT2D eigenvalue weighted by molar-refractivity contribution is -0.403. The van der Waals surface area contributed by atoms with Gasteiger partial charge in [-0.25, -0.2) is 0 Å². The molecule has 7 nitrogen and oxygen atoms in total. The molecule has 0 saturated heterocycles. The summed E-state index contributed by atoms with van der Waals surface area (Å²) in [4.78, 5) is 21.8. The Morgan fingerprint density at radius 3 is 2.31 bits per heavy atom. The average molecular weight is 204 g/mol. The van der Waals surface area contributed by atoms with Crippen molar-refractivity contribution >= 4 is 23.2 Å². The first kappa shape index (κ1) is 9.33. The summed E-state index contributed by atoms with van der Waals surface area (Å²) >= 11 is 5.37. The normalized spacial score (nSPS) is 9.62. The predicted octanol–water partition coefficient (Wildman–Crippen LogP) is 1.55. The van der Waals surface area contributed by atoms with Gasteiger partial charge in [0.25, 0.3) is 0 Å². The van der Waals surface area contributed by atoms with E-state index in [4.69, 9.17) is 11.6 Å². The molecule has 68 valence electrons. The second kappa shape index (κ2) is 3.31. The molecule has 1 rings (SSSR count). The van der Waals surface area contributed by atoms with Gasteiger partial charge in [-0.05, 0) is 15.9 Å². The Morgan fingerprint density at radius 2 is 1.85 bits per heavy atom. The summed E-state index contributed by atoms with van der Waals surface area (Å²) in [7, 11) is 0. The van der Waals surface area contributed by atoms with Crippen molar-refractivity contribution in [1.82, 2.24) is 4.98 Å². The zero-order valence-corrected chi connectivity index (χ0v) is 6.76. The van der Waals surface area contributed by atoms with Crippen LogP contribution in [0.25, 0.3) is 0 Å². The van der Waals surface area contributed by atoms with Gasteiger partial charge in [-0.2, -0.15) is 0 Å². The summed E-state index contributed by atoms with van der Waals surface area (Å²) in [6.45, 7) is 0. The number of pyridine rings is 1. The summed E-state index contributed by atoms with van der Waals surface area (Å²) in [6.07, 6.45) is 0. The zero-order valence-electron chi connectivity index (χ0n) is 6.01. The van der Waals surface area contributed by atoms with E-state index in [1.807, 2.05) is 0 Å². The minimum atomic E-state index is -0.880. The maximum atomic E-state index is 10.2. The molecule has 1 heterocycles. The first-order valence-electron chi connectivity index (χ1n) is 2.97. The molecule has 0 aromatic carbocycles. The topological polar surface area (TPSA) is 99.2 Å². The maximum absolute atomic E-state index is 10.2. The van der Waals surface area contributed by atoms with Gasteiger partial charge in [-0.3, -0.25) is 0 Å². The highest BCUT2D eigenvalue weighted by atomic mass is 35.5.